The molecule has 2 nitrogen and oxygen atoms in total. The van der Waals surface area contributed by atoms with E-state index in [1.807, 2.05) is 0 Å². The van der Waals surface area contributed by atoms with Crippen molar-refractivity contribution < 1.29 is 0 Å². The summed E-state index contributed by atoms with van der Waals surface area (Å²) >= 11 is 0. The molecule has 30 heavy (non-hydrogen) atoms. The number of aryl methyl sites for hydroxylation is 2. The largest absolute Gasteiger partial charge is 0.228 e. The first-order chi connectivity index (χ1) is 14.3. The van der Waals surface area contributed by atoms with E-state index in [9.17, 15) is 0 Å². The van der Waals surface area contributed by atoms with Gasteiger partial charge >= 0.3 is 0 Å². The second kappa shape index (κ2) is 7.87. The molecule has 1 heterocycles. The third kappa shape index (κ3) is 4.33. The van der Waals surface area contributed by atoms with Crippen LogP contribution in [0.3, 0.4) is 0 Å². The zero-order valence-corrected chi connectivity index (χ0v) is 18.4. The van der Waals surface area contributed by atoms with Crippen molar-refractivity contribution in [1.82, 2.24) is 9.97 Å². The van der Waals surface area contributed by atoms with Crippen molar-refractivity contribution in [3.05, 3.63) is 95.6 Å². The smallest absolute Gasteiger partial charge is 0.160 e. The minimum absolute atomic E-state index is 0.121. The Balaban J connectivity index is 1.85. The molecule has 0 saturated heterocycles. The van der Waals surface area contributed by atoms with Crippen LogP contribution in [0.2, 0.25) is 0 Å². The Bertz CT molecular complexity index is 1080. The van der Waals surface area contributed by atoms with Gasteiger partial charge in [-0.25, -0.2) is 9.97 Å². The second-order valence-electron chi connectivity index (χ2n) is 9.02. The lowest BCUT2D eigenvalue weighted by molar-refractivity contribution is 0.590. The zero-order valence-electron chi connectivity index (χ0n) is 18.4. The van der Waals surface area contributed by atoms with Gasteiger partial charge in [0.2, 0.25) is 0 Å². The molecule has 0 bridgehead atoms. The molecular formula is C28H28N2. The van der Waals surface area contributed by atoms with Crippen LogP contribution in [-0.2, 0) is 5.41 Å². The Labute approximate surface area is 179 Å². The first-order valence-corrected chi connectivity index (χ1v) is 10.4. The third-order valence-corrected chi connectivity index (χ3v) is 5.43. The Morgan fingerprint density at radius 3 is 1.33 bits per heavy atom. The second-order valence-corrected chi connectivity index (χ2v) is 9.02. The van der Waals surface area contributed by atoms with Crippen molar-refractivity contribution in [3.63, 3.8) is 0 Å². The highest BCUT2D eigenvalue weighted by atomic mass is 14.9. The molecule has 3 aromatic carbocycles. The summed E-state index contributed by atoms with van der Waals surface area (Å²) in [4.78, 5) is 9.85. The Kier molecular flexibility index (Phi) is 5.26. The maximum atomic E-state index is 4.93. The van der Waals surface area contributed by atoms with E-state index < -0.39 is 0 Å². The van der Waals surface area contributed by atoms with Gasteiger partial charge < -0.3 is 0 Å². The number of aromatic nitrogens is 2. The summed E-state index contributed by atoms with van der Waals surface area (Å²) in [5, 5.41) is 0. The molecule has 0 spiro atoms. The lowest BCUT2D eigenvalue weighted by Crippen LogP contribution is -2.10. The minimum Gasteiger partial charge on any atom is -0.228 e. The van der Waals surface area contributed by atoms with Crippen LogP contribution in [0.15, 0.2) is 78.9 Å². The van der Waals surface area contributed by atoms with Crippen molar-refractivity contribution in [3.8, 4) is 33.9 Å². The first kappa shape index (κ1) is 20.0. The van der Waals surface area contributed by atoms with Crippen molar-refractivity contribution in [1.29, 1.82) is 0 Å². The lowest BCUT2D eigenvalue weighted by Gasteiger charge is -2.19. The SMILES string of the molecule is Cc1ccc(-c2cc(-c3ccc(C)cc3)nc(-c3ccc(C(C)(C)C)cc3)n2)cc1. The van der Waals surface area contributed by atoms with Gasteiger partial charge in [0.25, 0.3) is 0 Å². The van der Waals surface area contributed by atoms with E-state index in [1.165, 1.54) is 16.7 Å². The Morgan fingerprint density at radius 1 is 0.533 bits per heavy atom. The normalized spacial score (nSPS) is 11.5. The molecule has 0 fully saturated rings. The highest BCUT2D eigenvalue weighted by Gasteiger charge is 2.15. The molecule has 0 aliphatic heterocycles. The lowest BCUT2D eigenvalue weighted by atomic mass is 9.86. The number of benzene rings is 3. The Morgan fingerprint density at radius 2 is 0.933 bits per heavy atom. The fourth-order valence-electron chi connectivity index (χ4n) is 3.44. The van der Waals surface area contributed by atoms with E-state index in [2.05, 4.69) is 113 Å². The molecule has 0 radical (unpaired) electrons. The molecular weight excluding hydrogens is 364 g/mol. The highest BCUT2D eigenvalue weighted by Crippen LogP contribution is 2.29. The first-order valence-electron chi connectivity index (χ1n) is 10.4. The van der Waals surface area contributed by atoms with E-state index in [0.29, 0.717) is 0 Å². The topological polar surface area (TPSA) is 25.8 Å². The summed E-state index contributed by atoms with van der Waals surface area (Å²) in [5.41, 5.74) is 9.02. The van der Waals surface area contributed by atoms with E-state index in [4.69, 9.17) is 9.97 Å². The summed E-state index contributed by atoms with van der Waals surface area (Å²) in [6, 6.07) is 27.7. The van der Waals surface area contributed by atoms with Gasteiger partial charge in [0.1, 0.15) is 0 Å². The minimum atomic E-state index is 0.121. The molecule has 0 saturated carbocycles. The van der Waals surface area contributed by atoms with Crippen molar-refractivity contribution in [2.75, 3.05) is 0 Å². The van der Waals surface area contributed by atoms with E-state index in [-0.39, 0.29) is 5.41 Å². The van der Waals surface area contributed by atoms with Crippen LogP contribution in [0.4, 0.5) is 0 Å². The van der Waals surface area contributed by atoms with Crippen LogP contribution in [0.1, 0.15) is 37.5 Å². The average Bonchev–Trinajstić information content (AvgIpc) is 2.74. The van der Waals surface area contributed by atoms with Crippen molar-refractivity contribution >= 4 is 0 Å². The predicted molar refractivity (Wildman–Crippen MR) is 127 cm³/mol. The van der Waals surface area contributed by atoms with Crippen LogP contribution in [0.5, 0.6) is 0 Å². The van der Waals surface area contributed by atoms with Gasteiger partial charge in [-0.2, -0.15) is 0 Å². The molecule has 4 rings (SSSR count). The fourth-order valence-corrected chi connectivity index (χ4v) is 3.44. The van der Waals surface area contributed by atoms with Gasteiger partial charge in [-0.05, 0) is 30.9 Å². The molecule has 0 N–H and O–H groups in total. The van der Waals surface area contributed by atoms with Crippen molar-refractivity contribution in [2.24, 2.45) is 0 Å². The van der Waals surface area contributed by atoms with Crippen LogP contribution in [0.25, 0.3) is 33.9 Å². The number of rotatable bonds is 3. The quantitative estimate of drug-likeness (QED) is 0.363. The molecule has 0 atom stereocenters. The third-order valence-electron chi connectivity index (χ3n) is 5.43. The summed E-state index contributed by atoms with van der Waals surface area (Å²) in [6.45, 7) is 10.9. The molecule has 0 aliphatic carbocycles. The van der Waals surface area contributed by atoms with E-state index in [0.717, 1.165) is 33.9 Å². The van der Waals surface area contributed by atoms with E-state index >= 15 is 0 Å². The monoisotopic (exact) mass is 392 g/mol. The van der Waals surface area contributed by atoms with Gasteiger partial charge in [-0.15, -0.1) is 0 Å². The van der Waals surface area contributed by atoms with Crippen LogP contribution >= 0.6 is 0 Å². The molecule has 0 unspecified atom stereocenters. The molecule has 0 aliphatic rings. The van der Waals surface area contributed by atoms with Gasteiger partial charge in [0.05, 0.1) is 11.4 Å². The van der Waals surface area contributed by atoms with E-state index in [1.54, 1.807) is 0 Å². The average molecular weight is 393 g/mol. The highest BCUT2D eigenvalue weighted by molar-refractivity contribution is 5.72. The van der Waals surface area contributed by atoms with Crippen LogP contribution < -0.4 is 0 Å². The summed E-state index contributed by atoms with van der Waals surface area (Å²) in [5.74, 6) is 0.754. The van der Waals surface area contributed by atoms with Crippen molar-refractivity contribution in [2.45, 2.75) is 40.0 Å². The number of hydrogen-bond donors (Lipinski definition) is 0. The van der Waals surface area contributed by atoms with Gasteiger partial charge in [-0.3, -0.25) is 0 Å². The van der Waals surface area contributed by atoms with Crippen LogP contribution in [0, 0.1) is 13.8 Å². The maximum absolute atomic E-state index is 4.93. The summed E-state index contributed by atoms with van der Waals surface area (Å²) < 4.78 is 0. The number of nitrogens with zero attached hydrogens (tertiary/aromatic N) is 2. The van der Waals surface area contributed by atoms with Crippen LogP contribution in [-0.4, -0.2) is 9.97 Å². The molecule has 150 valence electrons. The molecule has 0 amide bonds. The number of hydrogen-bond acceptors (Lipinski definition) is 2. The fraction of sp³-hybridized carbons (Fsp3) is 0.214. The summed E-state index contributed by atoms with van der Waals surface area (Å²) in [7, 11) is 0. The van der Waals surface area contributed by atoms with Gasteiger partial charge in [0, 0.05) is 16.7 Å². The zero-order chi connectivity index (χ0) is 21.3. The Hall–Kier alpha value is -3.26. The van der Waals surface area contributed by atoms with Gasteiger partial charge in [0.15, 0.2) is 5.82 Å². The standard InChI is InChI=1S/C28H28N2/c1-19-6-10-21(11-7-19)25-18-26(22-12-8-20(2)9-13-22)30-27(29-25)23-14-16-24(17-15-23)28(3,4)5/h6-18H,1-5H3. The molecule has 2 heteroatoms. The molecule has 4 aromatic rings. The van der Waals surface area contributed by atoms with Gasteiger partial charge in [-0.1, -0.05) is 105 Å². The maximum Gasteiger partial charge on any atom is 0.160 e. The summed E-state index contributed by atoms with van der Waals surface area (Å²) in [6.07, 6.45) is 0. The molecule has 1 aromatic heterocycles. The predicted octanol–water partition coefficient (Wildman–Crippen LogP) is 7.39.